The minimum absolute atomic E-state index is 0.109. The van der Waals surface area contributed by atoms with Crippen molar-refractivity contribution in [3.05, 3.63) is 97.2 Å². The van der Waals surface area contributed by atoms with E-state index in [9.17, 15) is 14.4 Å². The monoisotopic (exact) mass is 917 g/mol. The Kier molecular flexibility index (Phi) is 50.9. The number of esters is 3. The van der Waals surface area contributed by atoms with Crippen LogP contribution in [-0.2, 0) is 28.6 Å². The fraction of sp³-hybridized carbons (Fsp3) is 0.683. The molecule has 0 fully saturated rings. The Hall–Kier alpha value is -3.67. The summed E-state index contributed by atoms with van der Waals surface area (Å²) in [5.74, 6) is -0.998. The minimum atomic E-state index is -0.815. The van der Waals surface area contributed by atoms with Crippen LogP contribution in [0, 0.1) is 0 Å². The first-order chi connectivity index (χ1) is 32.5. The summed E-state index contributed by atoms with van der Waals surface area (Å²) in [7, 11) is 0. The van der Waals surface area contributed by atoms with Gasteiger partial charge in [-0.2, -0.15) is 0 Å². The number of carbonyl (C=O) groups excluding carboxylic acids is 3. The van der Waals surface area contributed by atoms with Crippen molar-refractivity contribution < 1.29 is 28.6 Å². The van der Waals surface area contributed by atoms with Gasteiger partial charge in [0.05, 0.1) is 0 Å². The molecule has 0 bridgehead atoms. The van der Waals surface area contributed by atoms with Gasteiger partial charge in [-0.3, -0.25) is 14.4 Å². The van der Waals surface area contributed by atoms with Crippen LogP contribution in [0.15, 0.2) is 97.2 Å². The average Bonchev–Trinajstić information content (AvgIpc) is 3.31. The summed E-state index contributed by atoms with van der Waals surface area (Å²) in [4.78, 5) is 38.0. The summed E-state index contributed by atoms with van der Waals surface area (Å²) in [6.45, 7) is 6.50. The number of hydrogen-bond donors (Lipinski definition) is 0. The van der Waals surface area contributed by atoms with Gasteiger partial charge in [0.2, 0.25) is 0 Å². The van der Waals surface area contributed by atoms with Gasteiger partial charge in [-0.15, -0.1) is 0 Å². The smallest absolute Gasteiger partial charge is 0.306 e. The van der Waals surface area contributed by atoms with Crippen molar-refractivity contribution in [2.75, 3.05) is 13.2 Å². The topological polar surface area (TPSA) is 78.9 Å². The highest BCUT2D eigenvalue weighted by molar-refractivity contribution is 5.71. The van der Waals surface area contributed by atoms with Crippen LogP contribution in [0.5, 0.6) is 0 Å². The molecule has 6 heteroatoms. The molecule has 1 atom stereocenters. The average molecular weight is 917 g/mol. The van der Waals surface area contributed by atoms with E-state index in [1.807, 2.05) is 0 Å². The van der Waals surface area contributed by atoms with Crippen LogP contribution in [0.25, 0.3) is 0 Å². The van der Waals surface area contributed by atoms with Crippen LogP contribution in [0.2, 0.25) is 0 Å². The van der Waals surface area contributed by atoms with Crippen molar-refractivity contribution in [2.24, 2.45) is 0 Å². The van der Waals surface area contributed by atoms with Gasteiger partial charge < -0.3 is 14.2 Å². The third kappa shape index (κ3) is 51.3. The lowest BCUT2D eigenvalue weighted by Crippen LogP contribution is -2.30. The van der Waals surface area contributed by atoms with Crippen LogP contribution < -0.4 is 0 Å². The van der Waals surface area contributed by atoms with Gasteiger partial charge in [-0.1, -0.05) is 201 Å². The molecular formula is C60H100O6. The molecule has 376 valence electrons. The molecular weight excluding hydrogens is 817 g/mol. The molecule has 0 aliphatic rings. The highest BCUT2D eigenvalue weighted by atomic mass is 16.6. The first-order valence-electron chi connectivity index (χ1n) is 27.2. The number of ether oxygens (including phenoxy) is 3. The van der Waals surface area contributed by atoms with Crippen LogP contribution in [0.4, 0.5) is 0 Å². The van der Waals surface area contributed by atoms with Crippen LogP contribution in [0.3, 0.4) is 0 Å². The third-order valence-electron chi connectivity index (χ3n) is 11.3. The van der Waals surface area contributed by atoms with E-state index in [2.05, 4.69) is 118 Å². The number of carbonyl (C=O) groups is 3. The van der Waals surface area contributed by atoms with Crippen molar-refractivity contribution in [1.29, 1.82) is 0 Å². The molecule has 0 saturated heterocycles. The lowest BCUT2D eigenvalue weighted by Gasteiger charge is -2.18. The molecule has 0 heterocycles. The zero-order chi connectivity index (χ0) is 47.9. The molecule has 0 aromatic carbocycles. The predicted molar refractivity (Wildman–Crippen MR) is 284 cm³/mol. The second-order valence-corrected chi connectivity index (χ2v) is 17.8. The van der Waals surface area contributed by atoms with Gasteiger partial charge in [0, 0.05) is 19.3 Å². The zero-order valence-electron chi connectivity index (χ0n) is 42.9. The Labute approximate surface area is 407 Å². The molecule has 0 rings (SSSR count). The summed E-state index contributed by atoms with van der Waals surface area (Å²) in [5, 5.41) is 0. The molecule has 0 aliphatic heterocycles. The molecule has 66 heavy (non-hydrogen) atoms. The summed E-state index contributed by atoms with van der Waals surface area (Å²) >= 11 is 0. The Morgan fingerprint density at radius 2 is 0.561 bits per heavy atom. The largest absolute Gasteiger partial charge is 0.462 e. The Bertz CT molecular complexity index is 1330. The third-order valence-corrected chi connectivity index (χ3v) is 11.3. The highest BCUT2D eigenvalue weighted by Gasteiger charge is 2.19. The zero-order valence-corrected chi connectivity index (χ0v) is 42.9. The highest BCUT2D eigenvalue weighted by Crippen LogP contribution is 2.13. The Morgan fingerprint density at radius 3 is 0.955 bits per heavy atom. The maximum atomic E-state index is 12.8. The Morgan fingerprint density at radius 1 is 0.303 bits per heavy atom. The van der Waals surface area contributed by atoms with E-state index in [1.165, 1.54) is 96.3 Å². The van der Waals surface area contributed by atoms with Crippen molar-refractivity contribution >= 4 is 17.9 Å². The van der Waals surface area contributed by atoms with E-state index >= 15 is 0 Å². The van der Waals surface area contributed by atoms with E-state index in [4.69, 9.17) is 14.2 Å². The molecule has 0 aliphatic carbocycles. The van der Waals surface area contributed by atoms with Gasteiger partial charge in [0.1, 0.15) is 13.2 Å². The van der Waals surface area contributed by atoms with Gasteiger partial charge in [-0.05, 0) is 122 Å². The van der Waals surface area contributed by atoms with Crippen LogP contribution >= 0.6 is 0 Å². The number of allylic oxidation sites excluding steroid dienone is 16. The fourth-order valence-electron chi connectivity index (χ4n) is 7.14. The van der Waals surface area contributed by atoms with Gasteiger partial charge >= 0.3 is 17.9 Å². The summed E-state index contributed by atoms with van der Waals surface area (Å²) in [6.07, 6.45) is 71.0. The van der Waals surface area contributed by atoms with Crippen LogP contribution in [0.1, 0.15) is 245 Å². The summed E-state index contributed by atoms with van der Waals surface area (Å²) in [5.41, 5.74) is 0. The maximum absolute atomic E-state index is 12.8. The summed E-state index contributed by atoms with van der Waals surface area (Å²) in [6, 6.07) is 0. The van der Waals surface area contributed by atoms with Crippen molar-refractivity contribution in [2.45, 2.75) is 252 Å². The molecule has 0 spiro atoms. The van der Waals surface area contributed by atoms with E-state index < -0.39 is 6.10 Å². The standard InChI is InChI=1S/C60H100O6/c1-4-7-10-13-16-19-22-25-28-30-32-35-38-41-44-47-50-53-59(62)65-56-57(55-64-58(61)52-49-46-43-40-37-34-27-24-21-18-15-12-9-6-3)66-60(63)54-51-48-45-42-39-36-33-31-29-26-23-20-17-14-11-8-5-2/h16-17,19-20,24-29,32-33,35-36,41,44,57H,4-15,18,21-23,30-31,34,37-40,42-43,45-56H2,1-3H3/b19-16-,20-17-,27-24-,28-25-,29-26-,35-32-,36-33-,44-41-/t57-/m1/s1. The van der Waals surface area contributed by atoms with E-state index in [0.717, 1.165) is 103 Å². The molecule has 6 nitrogen and oxygen atoms in total. The fourth-order valence-corrected chi connectivity index (χ4v) is 7.14. The second kappa shape index (κ2) is 53.9. The van der Waals surface area contributed by atoms with Crippen molar-refractivity contribution in [3.8, 4) is 0 Å². The number of unbranched alkanes of at least 4 members (excludes halogenated alkanes) is 21. The first kappa shape index (κ1) is 62.3. The molecule has 0 saturated carbocycles. The molecule has 0 N–H and O–H groups in total. The molecule has 0 amide bonds. The lowest BCUT2D eigenvalue weighted by molar-refractivity contribution is -0.167. The Balaban J connectivity index is 4.54. The minimum Gasteiger partial charge on any atom is -0.462 e. The van der Waals surface area contributed by atoms with E-state index in [-0.39, 0.29) is 44.0 Å². The molecule has 0 aromatic rings. The summed E-state index contributed by atoms with van der Waals surface area (Å²) < 4.78 is 16.8. The molecule has 0 radical (unpaired) electrons. The van der Waals surface area contributed by atoms with Crippen molar-refractivity contribution in [1.82, 2.24) is 0 Å². The first-order valence-corrected chi connectivity index (χ1v) is 27.2. The normalized spacial score (nSPS) is 12.8. The van der Waals surface area contributed by atoms with E-state index in [1.54, 1.807) is 0 Å². The molecule has 0 aromatic heterocycles. The van der Waals surface area contributed by atoms with Crippen LogP contribution in [-0.4, -0.2) is 37.2 Å². The quantitative estimate of drug-likeness (QED) is 0.0262. The van der Waals surface area contributed by atoms with Gasteiger partial charge in [-0.25, -0.2) is 0 Å². The number of rotatable bonds is 48. The maximum Gasteiger partial charge on any atom is 0.306 e. The molecule has 0 unspecified atom stereocenters. The SMILES string of the molecule is CCCCC/C=C\C/C=C\C/C=C\C/C=C\CCCC(=O)OC[C@@H](COC(=O)CCCCCCC/C=C\CCCCCCC)OC(=O)CCCCCC/C=C\C/C=C\C/C=C\CCCCC. The van der Waals surface area contributed by atoms with Gasteiger partial charge in [0.15, 0.2) is 6.10 Å². The predicted octanol–water partition coefficient (Wildman–Crippen LogP) is 18.1. The van der Waals surface area contributed by atoms with Crippen molar-refractivity contribution in [3.63, 3.8) is 0 Å². The van der Waals surface area contributed by atoms with Gasteiger partial charge in [0.25, 0.3) is 0 Å². The number of hydrogen-bond acceptors (Lipinski definition) is 6. The van der Waals surface area contributed by atoms with E-state index in [0.29, 0.717) is 12.8 Å². The second-order valence-electron chi connectivity index (χ2n) is 17.8. The lowest BCUT2D eigenvalue weighted by atomic mass is 10.1.